The summed E-state index contributed by atoms with van der Waals surface area (Å²) < 4.78 is 0. The predicted octanol–water partition coefficient (Wildman–Crippen LogP) is 3.48. The van der Waals surface area contributed by atoms with Crippen molar-refractivity contribution in [2.24, 2.45) is 0 Å². The minimum absolute atomic E-state index is 0.0667. The molecule has 1 unspecified atom stereocenters. The van der Waals surface area contributed by atoms with E-state index in [1.54, 1.807) is 0 Å². The summed E-state index contributed by atoms with van der Waals surface area (Å²) in [5, 5.41) is 10.0. The second-order valence-corrected chi connectivity index (χ2v) is 10.4. The summed E-state index contributed by atoms with van der Waals surface area (Å²) >= 11 is 0. The highest BCUT2D eigenvalue weighted by Gasteiger charge is 2.37. The molecular weight excluding hydrogens is 228 g/mol. The summed E-state index contributed by atoms with van der Waals surface area (Å²) in [5.41, 5.74) is 0.959. The Hall–Kier alpha value is -0.643. The number of benzene rings is 1. The molecule has 0 aliphatic rings. The SMILES string of the molecule is CC(C)(CCC(O)c1ccccc1)[Si](C)(C)O. The van der Waals surface area contributed by atoms with E-state index in [0.29, 0.717) is 6.42 Å². The molecule has 0 aromatic heterocycles. The summed E-state index contributed by atoms with van der Waals surface area (Å²) in [4.78, 5) is 10.2. The third kappa shape index (κ3) is 3.94. The fourth-order valence-corrected chi connectivity index (χ4v) is 2.40. The molecule has 0 bridgehead atoms. The van der Waals surface area contributed by atoms with Gasteiger partial charge in [-0.05, 0) is 36.5 Å². The molecule has 0 radical (unpaired) electrons. The van der Waals surface area contributed by atoms with E-state index in [-0.39, 0.29) is 5.04 Å². The van der Waals surface area contributed by atoms with Crippen molar-refractivity contribution in [3.8, 4) is 0 Å². The Morgan fingerprint density at radius 1 is 1.18 bits per heavy atom. The molecule has 96 valence electrons. The lowest BCUT2D eigenvalue weighted by atomic mass is 9.99. The van der Waals surface area contributed by atoms with Gasteiger partial charge in [0.15, 0.2) is 8.32 Å². The lowest BCUT2D eigenvalue weighted by Gasteiger charge is -2.35. The first-order valence-electron chi connectivity index (χ1n) is 6.19. The summed E-state index contributed by atoms with van der Waals surface area (Å²) in [6.45, 7) is 8.11. The van der Waals surface area contributed by atoms with Crippen LogP contribution in [0.2, 0.25) is 18.1 Å². The highest BCUT2D eigenvalue weighted by atomic mass is 28.4. The highest BCUT2D eigenvalue weighted by molar-refractivity contribution is 6.72. The lowest BCUT2D eigenvalue weighted by molar-refractivity contribution is 0.158. The second-order valence-electron chi connectivity index (χ2n) is 5.91. The molecule has 1 aromatic rings. The molecule has 1 atom stereocenters. The summed E-state index contributed by atoms with van der Waals surface area (Å²) in [7, 11) is -2.16. The van der Waals surface area contributed by atoms with Gasteiger partial charge in [0.05, 0.1) is 6.10 Å². The molecule has 1 aromatic carbocycles. The Kier molecular flexibility index (Phi) is 4.53. The summed E-state index contributed by atoms with van der Waals surface area (Å²) in [6, 6.07) is 9.71. The lowest BCUT2D eigenvalue weighted by Crippen LogP contribution is -2.39. The number of hydrogen-bond donors (Lipinski definition) is 2. The van der Waals surface area contributed by atoms with Crippen LogP contribution in [-0.4, -0.2) is 18.2 Å². The Morgan fingerprint density at radius 2 is 1.71 bits per heavy atom. The van der Waals surface area contributed by atoms with Crippen molar-refractivity contribution >= 4 is 8.32 Å². The van der Waals surface area contributed by atoms with Gasteiger partial charge in [0.1, 0.15) is 0 Å². The van der Waals surface area contributed by atoms with Gasteiger partial charge in [-0.15, -0.1) is 0 Å². The van der Waals surface area contributed by atoms with Crippen molar-refractivity contribution < 1.29 is 9.90 Å². The molecule has 0 fully saturated rings. The van der Waals surface area contributed by atoms with E-state index in [9.17, 15) is 9.90 Å². The average Bonchev–Trinajstić information content (AvgIpc) is 2.25. The standard InChI is InChI=1S/C14H24O2Si/c1-14(2,17(3,4)16)11-10-13(15)12-8-6-5-7-9-12/h5-9,13,15-16H,10-11H2,1-4H3. The van der Waals surface area contributed by atoms with Gasteiger partial charge in [-0.1, -0.05) is 44.2 Å². The van der Waals surface area contributed by atoms with Gasteiger partial charge in [0.2, 0.25) is 0 Å². The number of hydrogen-bond acceptors (Lipinski definition) is 2. The number of rotatable bonds is 5. The molecule has 0 aliphatic heterocycles. The van der Waals surface area contributed by atoms with Crippen LogP contribution in [0.4, 0.5) is 0 Å². The largest absolute Gasteiger partial charge is 0.432 e. The van der Waals surface area contributed by atoms with E-state index < -0.39 is 14.4 Å². The molecule has 3 heteroatoms. The van der Waals surface area contributed by atoms with E-state index in [0.717, 1.165) is 12.0 Å². The minimum Gasteiger partial charge on any atom is -0.432 e. The van der Waals surface area contributed by atoms with Gasteiger partial charge in [0, 0.05) is 0 Å². The van der Waals surface area contributed by atoms with Crippen LogP contribution < -0.4 is 0 Å². The Balaban J connectivity index is 2.58. The quantitative estimate of drug-likeness (QED) is 0.788. The van der Waals surface area contributed by atoms with E-state index in [1.807, 2.05) is 43.4 Å². The van der Waals surface area contributed by atoms with Crippen LogP contribution in [0.25, 0.3) is 0 Å². The van der Waals surface area contributed by atoms with Crippen LogP contribution >= 0.6 is 0 Å². The van der Waals surface area contributed by atoms with Crippen LogP contribution in [-0.2, 0) is 0 Å². The molecule has 0 heterocycles. The van der Waals surface area contributed by atoms with Crippen LogP contribution in [0.15, 0.2) is 30.3 Å². The van der Waals surface area contributed by atoms with Crippen molar-refractivity contribution in [2.75, 3.05) is 0 Å². The van der Waals surface area contributed by atoms with E-state index in [2.05, 4.69) is 13.8 Å². The molecular formula is C14H24O2Si. The molecule has 2 nitrogen and oxygen atoms in total. The molecule has 0 aliphatic carbocycles. The first-order chi connectivity index (χ1) is 7.74. The molecule has 1 rings (SSSR count). The fourth-order valence-electron chi connectivity index (χ4n) is 1.65. The topological polar surface area (TPSA) is 40.5 Å². The van der Waals surface area contributed by atoms with Crippen molar-refractivity contribution in [1.82, 2.24) is 0 Å². The molecule has 17 heavy (non-hydrogen) atoms. The molecule has 0 saturated carbocycles. The van der Waals surface area contributed by atoms with E-state index in [4.69, 9.17) is 0 Å². The zero-order chi connectivity index (χ0) is 13.1. The van der Waals surface area contributed by atoms with Gasteiger partial charge in [0.25, 0.3) is 0 Å². The van der Waals surface area contributed by atoms with E-state index in [1.165, 1.54) is 0 Å². The normalized spacial score (nSPS) is 14.7. The van der Waals surface area contributed by atoms with Crippen molar-refractivity contribution in [1.29, 1.82) is 0 Å². The Morgan fingerprint density at radius 3 is 2.18 bits per heavy atom. The second kappa shape index (κ2) is 5.34. The van der Waals surface area contributed by atoms with Crippen LogP contribution in [0.3, 0.4) is 0 Å². The fraction of sp³-hybridized carbons (Fsp3) is 0.571. The minimum atomic E-state index is -2.16. The van der Waals surface area contributed by atoms with Gasteiger partial charge in [-0.3, -0.25) is 0 Å². The Labute approximate surface area is 105 Å². The van der Waals surface area contributed by atoms with Crippen LogP contribution in [0, 0.1) is 0 Å². The zero-order valence-corrected chi connectivity index (χ0v) is 12.3. The third-order valence-corrected chi connectivity index (χ3v) is 7.45. The van der Waals surface area contributed by atoms with Gasteiger partial charge < -0.3 is 9.90 Å². The molecule has 0 spiro atoms. The molecule has 0 saturated heterocycles. The summed E-state index contributed by atoms with van der Waals surface area (Å²) in [5.74, 6) is 0. The smallest absolute Gasteiger partial charge is 0.188 e. The van der Waals surface area contributed by atoms with Crippen LogP contribution in [0.5, 0.6) is 0 Å². The van der Waals surface area contributed by atoms with Gasteiger partial charge in [-0.2, -0.15) is 0 Å². The molecule has 2 N–H and O–H groups in total. The van der Waals surface area contributed by atoms with Gasteiger partial charge >= 0.3 is 0 Å². The maximum Gasteiger partial charge on any atom is 0.188 e. The predicted molar refractivity (Wildman–Crippen MR) is 74.4 cm³/mol. The van der Waals surface area contributed by atoms with Gasteiger partial charge in [-0.25, -0.2) is 0 Å². The van der Waals surface area contributed by atoms with Crippen LogP contribution in [0.1, 0.15) is 38.4 Å². The third-order valence-electron chi connectivity index (χ3n) is 3.88. The first kappa shape index (κ1) is 14.4. The van der Waals surface area contributed by atoms with Crippen molar-refractivity contribution in [3.05, 3.63) is 35.9 Å². The number of aliphatic hydroxyl groups is 1. The van der Waals surface area contributed by atoms with E-state index >= 15 is 0 Å². The first-order valence-corrected chi connectivity index (χ1v) is 9.14. The number of aliphatic hydroxyl groups excluding tert-OH is 1. The molecule has 0 amide bonds. The average molecular weight is 252 g/mol. The maximum atomic E-state index is 10.2. The monoisotopic (exact) mass is 252 g/mol. The van der Waals surface area contributed by atoms with Crippen molar-refractivity contribution in [3.63, 3.8) is 0 Å². The highest BCUT2D eigenvalue weighted by Crippen LogP contribution is 2.41. The summed E-state index contributed by atoms with van der Waals surface area (Å²) in [6.07, 6.45) is 1.12. The zero-order valence-electron chi connectivity index (χ0n) is 11.3. The Bertz CT molecular complexity index is 341. The van der Waals surface area contributed by atoms with Crippen molar-refractivity contribution in [2.45, 2.75) is 50.9 Å². The maximum absolute atomic E-state index is 10.2.